The Kier molecular flexibility index (Phi) is 4.63. The average Bonchev–Trinajstić information content (AvgIpc) is 2.83. The molecule has 1 aromatic rings. The van der Waals surface area contributed by atoms with Crippen molar-refractivity contribution in [3.63, 3.8) is 0 Å². The lowest BCUT2D eigenvalue weighted by Crippen LogP contribution is -2.31. The Labute approximate surface area is 114 Å². The minimum atomic E-state index is -0.220. The number of benzene rings is 1. The SMILES string of the molecule is CCC1(CNCc2cc(F)ccc2Cl)CCCC1. The third-order valence-corrected chi connectivity index (χ3v) is 4.61. The maximum Gasteiger partial charge on any atom is 0.123 e. The Bertz CT molecular complexity index is 399. The molecule has 0 spiro atoms. The monoisotopic (exact) mass is 269 g/mol. The van der Waals surface area contributed by atoms with Crippen LogP contribution in [0.1, 0.15) is 44.6 Å². The van der Waals surface area contributed by atoms with Crippen LogP contribution in [0.25, 0.3) is 0 Å². The lowest BCUT2D eigenvalue weighted by atomic mass is 9.83. The van der Waals surface area contributed by atoms with E-state index in [9.17, 15) is 4.39 Å². The molecule has 0 radical (unpaired) electrons. The average molecular weight is 270 g/mol. The van der Waals surface area contributed by atoms with Gasteiger partial charge < -0.3 is 5.32 Å². The summed E-state index contributed by atoms with van der Waals surface area (Å²) in [4.78, 5) is 0. The molecule has 0 unspecified atom stereocenters. The van der Waals surface area contributed by atoms with Crippen LogP contribution in [0, 0.1) is 11.2 Å². The molecule has 1 N–H and O–H groups in total. The highest BCUT2D eigenvalue weighted by molar-refractivity contribution is 6.31. The van der Waals surface area contributed by atoms with Crippen LogP contribution in [0.4, 0.5) is 4.39 Å². The van der Waals surface area contributed by atoms with Crippen LogP contribution in [-0.4, -0.2) is 6.54 Å². The van der Waals surface area contributed by atoms with E-state index in [-0.39, 0.29) is 5.82 Å². The maximum absolute atomic E-state index is 13.1. The van der Waals surface area contributed by atoms with E-state index >= 15 is 0 Å². The fourth-order valence-electron chi connectivity index (χ4n) is 2.92. The van der Waals surface area contributed by atoms with Crippen LogP contribution < -0.4 is 5.32 Å². The van der Waals surface area contributed by atoms with Crippen molar-refractivity contribution in [3.05, 3.63) is 34.6 Å². The van der Waals surface area contributed by atoms with Crippen molar-refractivity contribution in [2.45, 2.75) is 45.6 Å². The number of hydrogen-bond acceptors (Lipinski definition) is 1. The quantitative estimate of drug-likeness (QED) is 0.828. The molecule has 1 nitrogen and oxygen atoms in total. The lowest BCUT2D eigenvalue weighted by Gasteiger charge is -2.27. The highest BCUT2D eigenvalue weighted by Gasteiger charge is 2.31. The maximum atomic E-state index is 13.1. The molecule has 0 aliphatic heterocycles. The van der Waals surface area contributed by atoms with E-state index < -0.39 is 0 Å². The van der Waals surface area contributed by atoms with Crippen LogP contribution in [0.5, 0.6) is 0 Å². The van der Waals surface area contributed by atoms with Gasteiger partial charge in [-0.1, -0.05) is 31.4 Å². The molecule has 0 amide bonds. The fraction of sp³-hybridized carbons (Fsp3) is 0.600. The van der Waals surface area contributed by atoms with Gasteiger partial charge in [-0.15, -0.1) is 0 Å². The molecular weight excluding hydrogens is 249 g/mol. The van der Waals surface area contributed by atoms with Gasteiger partial charge in [0.2, 0.25) is 0 Å². The van der Waals surface area contributed by atoms with Crippen molar-refractivity contribution < 1.29 is 4.39 Å². The Morgan fingerprint density at radius 1 is 1.33 bits per heavy atom. The summed E-state index contributed by atoms with van der Waals surface area (Å²) in [5.74, 6) is -0.220. The number of halogens is 2. The first-order valence-electron chi connectivity index (χ1n) is 6.80. The van der Waals surface area contributed by atoms with Gasteiger partial charge in [0.15, 0.2) is 0 Å². The second-order valence-electron chi connectivity index (χ2n) is 5.40. The molecule has 0 heterocycles. The number of rotatable bonds is 5. The van der Waals surface area contributed by atoms with E-state index in [0.29, 0.717) is 17.0 Å². The van der Waals surface area contributed by atoms with Gasteiger partial charge >= 0.3 is 0 Å². The van der Waals surface area contributed by atoms with E-state index in [4.69, 9.17) is 11.6 Å². The third-order valence-electron chi connectivity index (χ3n) is 4.24. The van der Waals surface area contributed by atoms with Gasteiger partial charge in [-0.05, 0) is 48.4 Å². The first-order chi connectivity index (χ1) is 8.65. The van der Waals surface area contributed by atoms with Crippen LogP contribution >= 0.6 is 11.6 Å². The van der Waals surface area contributed by atoms with Gasteiger partial charge in [0.05, 0.1) is 0 Å². The zero-order valence-corrected chi connectivity index (χ0v) is 11.7. The smallest absolute Gasteiger partial charge is 0.123 e. The molecular formula is C15H21ClFN. The van der Waals surface area contributed by atoms with E-state index in [1.54, 1.807) is 6.07 Å². The summed E-state index contributed by atoms with van der Waals surface area (Å²) in [7, 11) is 0. The molecule has 100 valence electrons. The molecule has 18 heavy (non-hydrogen) atoms. The van der Waals surface area contributed by atoms with Crippen LogP contribution in [-0.2, 0) is 6.54 Å². The zero-order valence-electron chi connectivity index (χ0n) is 10.9. The van der Waals surface area contributed by atoms with Crippen molar-refractivity contribution in [1.29, 1.82) is 0 Å². The first-order valence-corrected chi connectivity index (χ1v) is 7.18. The molecule has 1 aliphatic rings. The normalized spacial score (nSPS) is 18.2. The molecule has 2 rings (SSSR count). The van der Waals surface area contributed by atoms with Gasteiger partial charge in [0.25, 0.3) is 0 Å². The minimum Gasteiger partial charge on any atom is -0.312 e. The van der Waals surface area contributed by atoms with E-state index in [0.717, 1.165) is 12.1 Å². The molecule has 1 aromatic carbocycles. The van der Waals surface area contributed by atoms with Crippen LogP contribution in [0.2, 0.25) is 5.02 Å². The topological polar surface area (TPSA) is 12.0 Å². The summed E-state index contributed by atoms with van der Waals surface area (Å²) < 4.78 is 13.1. The van der Waals surface area contributed by atoms with Crippen molar-refractivity contribution in [2.24, 2.45) is 5.41 Å². The molecule has 1 aliphatic carbocycles. The molecule has 0 bridgehead atoms. The van der Waals surface area contributed by atoms with E-state index in [2.05, 4.69) is 12.2 Å². The summed E-state index contributed by atoms with van der Waals surface area (Å²) in [5.41, 5.74) is 1.31. The van der Waals surface area contributed by atoms with Crippen LogP contribution in [0.3, 0.4) is 0 Å². The second kappa shape index (κ2) is 6.03. The van der Waals surface area contributed by atoms with Crippen molar-refractivity contribution in [3.8, 4) is 0 Å². The van der Waals surface area contributed by atoms with Gasteiger partial charge in [0, 0.05) is 18.1 Å². The zero-order chi connectivity index (χ0) is 13.0. The highest BCUT2D eigenvalue weighted by Crippen LogP contribution is 2.40. The van der Waals surface area contributed by atoms with Gasteiger partial charge in [-0.25, -0.2) is 4.39 Å². The predicted molar refractivity (Wildman–Crippen MR) is 74.3 cm³/mol. The Hall–Kier alpha value is -0.600. The summed E-state index contributed by atoms with van der Waals surface area (Å²) in [6.45, 7) is 3.93. The Morgan fingerprint density at radius 2 is 2.06 bits per heavy atom. The Balaban J connectivity index is 1.89. The molecule has 1 saturated carbocycles. The highest BCUT2D eigenvalue weighted by atomic mass is 35.5. The number of hydrogen-bond donors (Lipinski definition) is 1. The molecule has 3 heteroatoms. The molecule has 0 atom stereocenters. The minimum absolute atomic E-state index is 0.220. The summed E-state index contributed by atoms with van der Waals surface area (Å²) in [5, 5.41) is 4.09. The van der Waals surface area contributed by atoms with Crippen molar-refractivity contribution in [1.82, 2.24) is 5.32 Å². The standard InChI is InChI=1S/C15H21ClFN/c1-2-15(7-3-4-8-15)11-18-10-12-9-13(17)5-6-14(12)16/h5-6,9,18H,2-4,7-8,10-11H2,1H3. The Morgan fingerprint density at radius 3 is 2.72 bits per heavy atom. The van der Waals surface area contributed by atoms with Gasteiger partial charge in [-0.2, -0.15) is 0 Å². The van der Waals surface area contributed by atoms with Gasteiger partial charge in [-0.3, -0.25) is 0 Å². The number of nitrogens with one attached hydrogen (secondary N) is 1. The second-order valence-corrected chi connectivity index (χ2v) is 5.81. The largest absolute Gasteiger partial charge is 0.312 e. The molecule has 1 fully saturated rings. The molecule has 0 aromatic heterocycles. The summed E-state index contributed by atoms with van der Waals surface area (Å²) in [6.07, 6.45) is 6.53. The predicted octanol–water partition coefficient (Wildman–Crippen LogP) is 4.54. The van der Waals surface area contributed by atoms with Crippen LogP contribution in [0.15, 0.2) is 18.2 Å². The lowest BCUT2D eigenvalue weighted by molar-refractivity contribution is 0.268. The van der Waals surface area contributed by atoms with E-state index in [1.165, 1.54) is 44.2 Å². The molecule has 0 saturated heterocycles. The van der Waals surface area contributed by atoms with Gasteiger partial charge in [0.1, 0.15) is 5.82 Å². The van der Waals surface area contributed by atoms with E-state index in [1.807, 2.05) is 0 Å². The summed E-state index contributed by atoms with van der Waals surface area (Å²) >= 11 is 6.05. The first kappa shape index (κ1) is 13.8. The van der Waals surface area contributed by atoms with Crippen molar-refractivity contribution in [2.75, 3.05) is 6.54 Å². The summed E-state index contributed by atoms with van der Waals surface area (Å²) in [6, 6.07) is 4.54. The third kappa shape index (κ3) is 3.24. The van der Waals surface area contributed by atoms with Crippen molar-refractivity contribution >= 4 is 11.6 Å². The fourth-order valence-corrected chi connectivity index (χ4v) is 3.11.